The number of thiazole rings is 1. The van der Waals surface area contributed by atoms with Crippen LogP contribution in [0.2, 0.25) is 0 Å². The van der Waals surface area contributed by atoms with Crippen LogP contribution >= 0.6 is 11.3 Å². The molecule has 5 heteroatoms. The number of anilines is 1. The molecule has 0 atom stereocenters. The van der Waals surface area contributed by atoms with Crippen molar-refractivity contribution < 1.29 is 4.79 Å². The van der Waals surface area contributed by atoms with Crippen molar-refractivity contribution in [3.8, 4) is 0 Å². The largest absolute Gasteiger partial charge is 0.345 e. The average molecular weight is 351 g/mol. The van der Waals surface area contributed by atoms with Crippen LogP contribution < -0.4 is 4.90 Å². The van der Waals surface area contributed by atoms with Crippen molar-refractivity contribution in [1.82, 2.24) is 9.88 Å². The second kappa shape index (κ2) is 7.33. The number of para-hydroxylation sites is 1. The van der Waals surface area contributed by atoms with Crippen LogP contribution in [0.1, 0.15) is 11.1 Å². The zero-order chi connectivity index (χ0) is 17.1. The van der Waals surface area contributed by atoms with Gasteiger partial charge in [0.15, 0.2) is 5.13 Å². The van der Waals surface area contributed by atoms with Gasteiger partial charge in [-0.05, 0) is 23.3 Å². The summed E-state index contributed by atoms with van der Waals surface area (Å²) in [5, 5.41) is 1.13. The summed E-state index contributed by atoms with van der Waals surface area (Å²) in [5.74, 6) is 0. The van der Waals surface area contributed by atoms with Gasteiger partial charge >= 0.3 is 0 Å². The minimum Gasteiger partial charge on any atom is -0.345 e. The van der Waals surface area contributed by atoms with Crippen molar-refractivity contribution in [2.45, 2.75) is 13.0 Å². The van der Waals surface area contributed by atoms with Gasteiger partial charge in [-0.3, -0.25) is 4.90 Å². The fourth-order valence-electron chi connectivity index (χ4n) is 3.30. The molecule has 3 aromatic rings. The van der Waals surface area contributed by atoms with Crippen LogP contribution in [0, 0.1) is 0 Å². The molecule has 0 bridgehead atoms. The number of fused-ring (bicyclic) bond motifs is 1. The lowest BCUT2D eigenvalue weighted by molar-refractivity contribution is -0.107. The van der Waals surface area contributed by atoms with Gasteiger partial charge in [-0.25, -0.2) is 4.98 Å². The van der Waals surface area contributed by atoms with Gasteiger partial charge in [0.2, 0.25) is 0 Å². The zero-order valence-corrected chi connectivity index (χ0v) is 14.9. The fourth-order valence-corrected chi connectivity index (χ4v) is 4.32. The van der Waals surface area contributed by atoms with Gasteiger partial charge in [0.05, 0.1) is 10.2 Å². The highest BCUT2D eigenvalue weighted by Gasteiger charge is 2.19. The van der Waals surface area contributed by atoms with Crippen LogP contribution in [0.25, 0.3) is 10.2 Å². The lowest BCUT2D eigenvalue weighted by Gasteiger charge is -2.34. The Hall–Kier alpha value is -2.24. The Morgan fingerprint density at radius 2 is 1.80 bits per heavy atom. The number of carbonyl (C=O) groups is 1. The Morgan fingerprint density at radius 1 is 1.00 bits per heavy atom. The summed E-state index contributed by atoms with van der Waals surface area (Å²) >= 11 is 1.78. The second-order valence-electron chi connectivity index (χ2n) is 6.42. The number of rotatable bonds is 5. The number of carbonyl (C=O) groups excluding carboxylic acids is 1. The van der Waals surface area contributed by atoms with Crippen molar-refractivity contribution in [3.63, 3.8) is 0 Å². The summed E-state index contributed by atoms with van der Waals surface area (Å²) in [4.78, 5) is 20.3. The number of hydrogen-bond donors (Lipinski definition) is 0. The summed E-state index contributed by atoms with van der Waals surface area (Å²) in [6.07, 6.45) is 1.47. The molecule has 2 aromatic carbocycles. The molecule has 1 saturated heterocycles. The molecule has 0 unspecified atom stereocenters. The molecule has 0 saturated carbocycles. The van der Waals surface area contributed by atoms with E-state index in [1.165, 1.54) is 10.3 Å². The topological polar surface area (TPSA) is 36.4 Å². The highest BCUT2D eigenvalue weighted by molar-refractivity contribution is 7.22. The molecule has 1 aromatic heterocycles. The van der Waals surface area contributed by atoms with E-state index >= 15 is 0 Å². The van der Waals surface area contributed by atoms with Gasteiger partial charge in [0, 0.05) is 39.1 Å². The van der Waals surface area contributed by atoms with E-state index in [1.54, 1.807) is 11.3 Å². The van der Waals surface area contributed by atoms with Crippen LogP contribution in [0.5, 0.6) is 0 Å². The molecule has 1 fully saturated rings. The normalized spacial score (nSPS) is 15.6. The lowest BCUT2D eigenvalue weighted by atomic mass is 10.1. The first-order valence-corrected chi connectivity index (χ1v) is 9.48. The second-order valence-corrected chi connectivity index (χ2v) is 7.43. The first kappa shape index (κ1) is 16.2. The van der Waals surface area contributed by atoms with Gasteiger partial charge < -0.3 is 9.69 Å². The van der Waals surface area contributed by atoms with Crippen molar-refractivity contribution in [2.24, 2.45) is 0 Å². The Balaban J connectivity index is 1.38. The van der Waals surface area contributed by atoms with Gasteiger partial charge in [0.1, 0.15) is 6.29 Å². The molecule has 128 valence electrons. The zero-order valence-electron chi connectivity index (χ0n) is 14.1. The summed E-state index contributed by atoms with van der Waals surface area (Å²) < 4.78 is 1.26. The van der Waals surface area contributed by atoms with Crippen LogP contribution in [0.3, 0.4) is 0 Å². The minimum atomic E-state index is 0.499. The number of hydrogen-bond acceptors (Lipinski definition) is 5. The number of benzene rings is 2. The number of aldehydes is 1. The van der Waals surface area contributed by atoms with Crippen LogP contribution in [-0.4, -0.2) is 42.3 Å². The van der Waals surface area contributed by atoms with E-state index in [2.05, 4.69) is 40.1 Å². The third-order valence-corrected chi connectivity index (χ3v) is 5.74. The number of aromatic nitrogens is 1. The van der Waals surface area contributed by atoms with Gasteiger partial charge in [-0.1, -0.05) is 47.7 Å². The molecular formula is C20H21N3OS. The highest BCUT2D eigenvalue weighted by Crippen LogP contribution is 2.29. The van der Waals surface area contributed by atoms with E-state index in [-0.39, 0.29) is 0 Å². The van der Waals surface area contributed by atoms with Crippen LogP contribution in [-0.2, 0) is 17.8 Å². The van der Waals surface area contributed by atoms with E-state index in [0.717, 1.165) is 55.2 Å². The fraction of sp³-hybridized carbons (Fsp3) is 0.300. The summed E-state index contributed by atoms with van der Waals surface area (Å²) in [6.45, 7) is 5.03. The Morgan fingerprint density at radius 3 is 2.60 bits per heavy atom. The Bertz CT molecular complexity index is 835. The third-order valence-electron chi connectivity index (χ3n) is 4.64. The molecule has 25 heavy (non-hydrogen) atoms. The van der Waals surface area contributed by atoms with Crippen molar-refractivity contribution in [1.29, 1.82) is 0 Å². The maximum Gasteiger partial charge on any atom is 0.186 e. The predicted molar refractivity (Wildman–Crippen MR) is 103 cm³/mol. The summed E-state index contributed by atoms with van der Waals surface area (Å²) in [6, 6.07) is 16.7. The quantitative estimate of drug-likeness (QED) is 0.661. The average Bonchev–Trinajstić information content (AvgIpc) is 3.07. The summed E-state index contributed by atoms with van der Waals surface area (Å²) in [5.41, 5.74) is 3.48. The minimum absolute atomic E-state index is 0.499. The third kappa shape index (κ3) is 3.72. The maximum atomic E-state index is 10.7. The molecule has 0 spiro atoms. The SMILES string of the molecule is O=CCc1cccc(CN2CCN(c3nc4ccccc4s3)CC2)c1. The van der Waals surface area contributed by atoms with Gasteiger partial charge in [-0.15, -0.1) is 0 Å². The number of piperazine rings is 1. The Labute approximate surface area is 151 Å². The Kier molecular flexibility index (Phi) is 4.76. The molecule has 1 aliphatic heterocycles. The van der Waals surface area contributed by atoms with Gasteiger partial charge in [0.25, 0.3) is 0 Å². The molecular weight excluding hydrogens is 330 g/mol. The van der Waals surface area contributed by atoms with E-state index in [4.69, 9.17) is 4.98 Å². The monoisotopic (exact) mass is 351 g/mol. The van der Waals surface area contributed by atoms with Crippen LogP contribution in [0.15, 0.2) is 48.5 Å². The highest BCUT2D eigenvalue weighted by atomic mass is 32.1. The smallest absolute Gasteiger partial charge is 0.186 e. The molecule has 0 aliphatic carbocycles. The first-order chi connectivity index (χ1) is 12.3. The van der Waals surface area contributed by atoms with Crippen molar-refractivity contribution >= 4 is 33.0 Å². The number of nitrogens with zero attached hydrogens (tertiary/aromatic N) is 3. The summed E-state index contributed by atoms with van der Waals surface area (Å²) in [7, 11) is 0. The van der Waals surface area contributed by atoms with Crippen molar-refractivity contribution in [3.05, 3.63) is 59.7 Å². The van der Waals surface area contributed by atoms with E-state index < -0.39 is 0 Å². The van der Waals surface area contributed by atoms with E-state index in [1.807, 2.05) is 18.2 Å². The molecule has 1 aliphatic rings. The first-order valence-electron chi connectivity index (χ1n) is 8.66. The molecule has 0 radical (unpaired) electrons. The molecule has 4 nitrogen and oxygen atoms in total. The lowest BCUT2D eigenvalue weighted by Crippen LogP contribution is -2.45. The van der Waals surface area contributed by atoms with Gasteiger partial charge in [-0.2, -0.15) is 0 Å². The van der Waals surface area contributed by atoms with Crippen LogP contribution in [0.4, 0.5) is 5.13 Å². The standard InChI is InChI=1S/C20H21N3OS/c24-13-8-16-4-3-5-17(14-16)15-22-9-11-23(12-10-22)20-21-18-6-1-2-7-19(18)25-20/h1-7,13-14H,8-12,15H2. The molecule has 4 rings (SSSR count). The van der Waals surface area contributed by atoms with E-state index in [0.29, 0.717) is 6.42 Å². The van der Waals surface area contributed by atoms with E-state index in [9.17, 15) is 4.79 Å². The maximum absolute atomic E-state index is 10.7. The molecule has 0 N–H and O–H groups in total. The van der Waals surface area contributed by atoms with Crippen molar-refractivity contribution in [2.75, 3.05) is 31.1 Å². The predicted octanol–water partition coefficient (Wildman–Crippen LogP) is 3.36. The molecule has 0 amide bonds. The molecule has 2 heterocycles.